The Morgan fingerprint density at radius 1 is 1.07 bits per heavy atom. The van der Waals surface area contributed by atoms with Crippen molar-refractivity contribution in [2.75, 3.05) is 0 Å². The third-order valence-corrected chi connectivity index (χ3v) is 2.80. The maximum absolute atomic E-state index is 10.1. The zero-order valence-electron chi connectivity index (χ0n) is 9.41. The first kappa shape index (κ1) is 10.0. The molecule has 0 fully saturated rings. The zero-order chi connectivity index (χ0) is 11.0. The van der Waals surface area contributed by atoms with Gasteiger partial charge >= 0.3 is 0 Å². The number of phenols is 1. The minimum Gasteiger partial charge on any atom is -0.507 e. The molecule has 0 heterocycles. The molecule has 0 spiro atoms. The molecule has 2 aromatic rings. The number of aryl methyl sites for hydroxylation is 1. The second-order valence-corrected chi connectivity index (χ2v) is 4.38. The van der Waals surface area contributed by atoms with Crippen molar-refractivity contribution in [3.63, 3.8) is 0 Å². The maximum Gasteiger partial charge on any atom is 0.126 e. The molecule has 0 aliphatic rings. The largest absolute Gasteiger partial charge is 0.507 e. The molecule has 1 heteroatoms. The van der Waals surface area contributed by atoms with E-state index in [1.54, 1.807) is 0 Å². The number of fused-ring (bicyclic) bond motifs is 1. The minimum absolute atomic E-state index is 0.356. The lowest BCUT2D eigenvalue weighted by atomic mass is 9.97. The van der Waals surface area contributed by atoms with Gasteiger partial charge in [0.1, 0.15) is 5.75 Å². The number of hydrogen-bond donors (Lipinski definition) is 1. The highest BCUT2D eigenvalue weighted by Gasteiger charge is 2.09. The summed E-state index contributed by atoms with van der Waals surface area (Å²) in [4.78, 5) is 0. The average molecular weight is 200 g/mol. The van der Waals surface area contributed by atoms with Crippen molar-refractivity contribution >= 4 is 10.8 Å². The Balaban J connectivity index is 2.77. The van der Waals surface area contributed by atoms with Crippen LogP contribution >= 0.6 is 0 Å². The van der Waals surface area contributed by atoms with Crippen molar-refractivity contribution in [1.82, 2.24) is 0 Å². The van der Waals surface area contributed by atoms with E-state index in [0.717, 1.165) is 16.3 Å². The van der Waals surface area contributed by atoms with Crippen LogP contribution in [-0.4, -0.2) is 5.11 Å². The zero-order valence-corrected chi connectivity index (χ0v) is 9.41. The Morgan fingerprint density at radius 2 is 1.73 bits per heavy atom. The van der Waals surface area contributed by atoms with E-state index in [4.69, 9.17) is 0 Å². The molecule has 2 rings (SSSR count). The lowest BCUT2D eigenvalue weighted by Gasteiger charge is -2.11. The van der Waals surface area contributed by atoms with E-state index in [-0.39, 0.29) is 0 Å². The van der Waals surface area contributed by atoms with Gasteiger partial charge in [-0.15, -0.1) is 0 Å². The van der Waals surface area contributed by atoms with Crippen molar-refractivity contribution in [2.45, 2.75) is 26.7 Å². The van der Waals surface area contributed by atoms with Crippen LogP contribution < -0.4 is 0 Å². The van der Waals surface area contributed by atoms with Crippen molar-refractivity contribution in [1.29, 1.82) is 0 Å². The first-order valence-corrected chi connectivity index (χ1v) is 5.32. The van der Waals surface area contributed by atoms with Gasteiger partial charge in [-0.1, -0.05) is 43.7 Å². The topological polar surface area (TPSA) is 20.2 Å². The van der Waals surface area contributed by atoms with Crippen LogP contribution in [0.25, 0.3) is 10.8 Å². The molecule has 0 saturated heterocycles. The lowest BCUT2D eigenvalue weighted by molar-refractivity contribution is 0.471. The van der Waals surface area contributed by atoms with Gasteiger partial charge in [0, 0.05) is 5.39 Å². The Labute approximate surface area is 90.4 Å². The Morgan fingerprint density at radius 3 is 2.40 bits per heavy atom. The van der Waals surface area contributed by atoms with Crippen LogP contribution in [0, 0.1) is 6.92 Å². The van der Waals surface area contributed by atoms with Gasteiger partial charge in [-0.2, -0.15) is 0 Å². The van der Waals surface area contributed by atoms with E-state index in [1.165, 1.54) is 5.56 Å². The van der Waals surface area contributed by atoms with E-state index in [9.17, 15) is 5.11 Å². The predicted molar refractivity (Wildman–Crippen MR) is 64.4 cm³/mol. The summed E-state index contributed by atoms with van der Waals surface area (Å²) in [6.07, 6.45) is 0. The molecule has 0 radical (unpaired) electrons. The van der Waals surface area contributed by atoms with Gasteiger partial charge in [-0.25, -0.2) is 0 Å². The highest BCUT2D eigenvalue weighted by atomic mass is 16.3. The second-order valence-electron chi connectivity index (χ2n) is 4.38. The van der Waals surface area contributed by atoms with Crippen LogP contribution in [0.2, 0.25) is 0 Å². The standard InChI is InChI=1S/C14H16O/c1-9(2)12-7-6-11-5-4-10(3)8-13(11)14(12)15/h4-9,15H,1-3H3. The first-order chi connectivity index (χ1) is 7.09. The van der Waals surface area contributed by atoms with E-state index in [1.807, 2.05) is 19.1 Å². The summed E-state index contributed by atoms with van der Waals surface area (Å²) >= 11 is 0. The fraction of sp³-hybridized carbons (Fsp3) is 0.286. The van der Waals surface area contributed by atoms with Crippen molar-refractivity contribution in [3.8, 4) is 5.75 Å². The smallest absolute Gasteiger partial charge is 0.126 e. The highest BCUT2D eigenvalue weighted by molar-refractivity contribution is 5.90. The van der Waals surface area contributed by atoms with Gasteiger partial charge < -0.3 is 5.11 Å². The van der Waals surface area contributed by atoms with Crippen molar-refractivity contribution in [2.24, 2.45) is 0 Å². The van der Waals surface area contributed by atoms with Crippen LogP contribution in [0.3, 0.4) is 0 Å². The summed E-state index contributed by atoms with van der Waals surface area (Å²) in [6.45, 7) is 6.23. The average Bonchev–Trinajstić information content (AvgIpc) is 2.19. The maximum atomic E-state index is 10.1. The molecular formula is C14H16O. The molecule has 0 saturated carbocycles. The monoisotopic (exact) mass is 200 g/mol. The summed E-state index contributed by atoms with van der Waals surface area (Å²) in [5.41, 5.74) is 2.20. The van der Waals surface area contributed by atoms with Crippen LogP contribution in [0.5, 0.6) is 5.75 Å². The second kappa shape index (κ2) is 3.58. The molecule has 0 aromatic heterocycles. The number of aromatic hydroxyl groups is 1. The molecule has 78 valence electrons. The predicted octanol–water partition coefficient (Wildman–Crippen LogP) is 3.98. The van der Waals surface area contributed by atoms with E-state index in [0.29, 0.717) is 11.7 Å². The molecule has 15 heavy (non-hydrogen) atoms. The van der Waals surface area contributed by atoms with Gasteiger partial charge in [0.2, 0.25) is 0 Å². The van der Waals surface area contributed by atoms with E-state index < -0.39 is 0 Å². The number of rotatable bonds is 1. The molecule has 2 aromatic carbocycles. The molecule has 0 unspecified atom stereocenters. The van der Waals surface area contributed by atoms with E-state index in [2.05, 4.69) is 32.0 Å². The van der Waals surface area contributed by atoms with Crippen molar-refractivity contribution in [3.05, 3.63) is 41.5 Å². The molecule has 0 amide bonds. The third kappa shape index (κ3) is 1.70. The summed E-state index contributed by atoms with van der Waals surface area (Å²) in [5.74, 6) is 0.793. The van der Waals surface area contributed by atoms with Gasteiger partial charge in [0.15, 0.2) is 0 Å². The lowest BCUT2D eigenvalue weighted by Crippen LogP contribution is -1.89. The van der Waals surface area contributed by atoms with Crippen LogP contribution in [0.1, 0.15) is 30.9 Å². The van der Waals surface area contributed by atoms with Crippen molar-refractivity contribution < 1.29 is 5.11 Å². The summed E-state index contributed by atoms with van der Waals surface area (Å²) in [7, 11) is 0. The molecule has 0 bridgehead atoms. The Bertz CT molecular complexity index is 498. The van der Waals surface area contributed by atoms with Crippen LogP contribution in [0.4, 0.5) is 0 Å². The summed E-state index contributed by atoms with van der Waals surface area (Å²) < 4.78 is 0. The summed E-state index contributed by atoms with van der Waals surface area (Å²) in [5, 5.41) is 12.2. The molecule has 1 N–H and O–H groups in total. The number of benzene rings is 2. The van der Waals surface area contributed by atoms with Crippen LogP contribution in [0.15, 0.2) is 30.3 Å². The molecule has 1 nitrogen and oxygen atoms in total. The Kier molecular flexibility index (Phi) is 2.39. The fourth-order valence-corrected chi connectivity index (χ4v) is 1.90. The molecule has 0 aliphatic heterocycles. The highest BCUT2D eigenvalue weighted by Crippen LogP contribution is 2.33. The molecular weight excluding hydrogens is 184 g/mol. The normalized spacial score (nSPS) is 11.2. The number of phenolic OH excluding ortho intramolecular Hbond substituents is 1. The quantitative estimate of drug-likeness (QED) is 0.738. The van der Waals surface area contributed by atoms with Gasteiger partial charge in [-0.3, -0.25) is 0 Å². The SMILES string of the molecule is Cc1ccc2ccc(C(C)C)c(O)c2c1. The molecule has 0 aliphatic carbocycles. The molecule has 0 atom stereocenters. The van der Waals surface area contributed by atoms with Crippen LogP contribution in [-0.2, 0) is 0 Å². The summed E-state index contributed by atoms with van der Waals surface area (Å²) in [6, 6.07) is 10.2. The fourth-order valence-electron chi connectivity index (χ4n) is 1.90. The van der Waals surface area contributed by atoms with Gasteiger partial charge in [-0.05, 0) is 29.9 Å². The number of hydrogen-bond acceptors (Lipinski definition) is 1. The first-order valence-electron chi connectivity index (χ1n) is 5.32. The third-order valence-electron chi connectivity index (χ3n) is 2.80. The van der Waals surface area contributed by atoms with E-state index >= 15 is 0 Å². The minimum atomic E-state index is 0.356. The van der Waals surface area contributed by atoms with Gasteiger partial charge in [0.25, 0.3) is 0 Å². The Hall–Kier alpha value is -1.50. The van der Waals surface area contributed by atoms with Gasteiger partial charge in [0.05, 0.1) is 0 Å².